The molecule has 0 aromatic carbocycles. The van der Waals surface area contributed by atoms with Crippen molar-refractivity contribution in [3.63, 3.8) is 0 Å². The van der Waals surface area contributed by atoms with Crippen molar-refractivity contribution in [2.75, 3.05) is 0 Å². The Bertz CT molecular complexity index is 294. The van der Waals surface area contributed by atoms with Crippen molar-refractivity contribution in [3.05, 3.63) is 0 Å². The lowest BCUT2D eigenvalue weighted by Crippen LogP contribution is -2.41. The molecule has 0 heterocycles. The monoisotopic (exact) mass is 234 g/mol. The second-order valence-corrected chi connectivity index (χ2v) is 5.52. The fraction of sp³-hybridized carbons (Fsp3) is 0.857. The number of carbonyl (C=O) groups is 1. The minimum Gasteiger partial charge on any atom is -0.353 e. The molecule has 94 valence electrons. The smallest absolute Gasteiger partial charge is 0.223 e. The van der Waals surface area contributed by atoms with Crippen LogP contribution in [-0.4, -0.2) is 11.9 Å². The van der Waals surface area contributed by atoms with Crippen LogP contribution < -0.4 is 5.32 Å². The van der Waals surface area contributed by atoms with Crippen LogP contribution in [0.5, 0.6) is 0 Å². The van der Waals surface area contributed by atoms with Gasteiger partial charge in [0.25, 0.3) is 0 Å². The summed E-state index contributed by atoms with van der Waals surface area (Å²) < 4.78 is 0. The molecule has 0 aliphatic heterocycles. The van der Waals surface area contributed by atoms with E-state index in [2.05, 4.69) is 11.4 Å². The van der Waals surface area contributed by atoms with Gasteiger partial charge in [-0.25, -0.2) is 0 Å². The first kappa shape index (κ1) is 12.4. The molecule has 2 fully saturated rings. The van der Waals surface area contributed by atoms with Crippen molar-refractivity contribution in [1.29, 1.82) is 5.26 Å². The molecule has 0 radical (unpaired) electrons. The van der Waals surface area contributed by atoms with Crippen molar-refractivity contribution in [2.45, 2.75) is 63.8 Å². The highest BCUT2D eigenvalue weighted by atomic mass is 16.1. The van der Waals surface area contributed by atoms with Gasteiger partial charge in [0.1, 0.15) is 0 Å². The maximum atomic E-state index is 12.0. The summed E-state index contributed by atoms with van der Waals surface area (Å²) in [5, 5.41) is 12.0. The summed E-state index contributed by atoms with van der Waals surface area (Å²) in [6, 6.07) is 2.66. The van der Waals surface area contributed by atoms with Crippen LogP contribution in [0.3, 0.4) is 0 Å². The average Bonchev–Trinajstić information content (AvgIpc) is 2.40. The normalized spacial score (nSPS) is 30.5. The standard InChI is InChI=1S/C14H22N2O/c15-10-11-6-8-13(9-7-11)16-14(17)12-4-2-1-3-5-12/h11-13H,1-9H2,(H,16,17). The highest BCUT2D eigenvalue weighted by Gasteiger charge is 2.26. The van der Waals surface area contributed by atoms with E-state index in [-0.39, 0.29) is 17.7 Å². The number of hydrogen-bond acceptors (Lipinski definition) is 2. The molecule has 0 unspecified atom stereocenters. The second kappa shape index (κ2) is 6.05. The summed E-state index contributed by atoms with van der Waals surface area (Å²) in [5.74, 6) is 0.750. The largest absolute Gasteiger partial charge is 0.353 e. The van der Waals surface area contributed by atoms with Crippen LogP contribution in [0.25, 0.3) is 0 Å². The van der Waals surface area contributed by atoms with Crippen molar-refractivity contribution in [1.82, 2.24) is 5.32 Å². The molecule has 2 saturated carbocycles. The number of rotatable bonds is 2. The molecule has 3 nitrogen and oxygen atoms in total. The molecule has 0 bridgehead atoms. The van der Waals surface area contributed by atoms with E-state index in [0.717, 1.165) is 38.5 Å². The molecular formula is C14H22N2O. The molecule has 1 amide bonds. The van der Waals surface area contributed by atoms with E-state index in [4.69, 9.17) is 5.26 Å². The van der Waals surface area contributed by atoms with Gasteiger partial charge in [0, 0.05) is 17.9 Å². The van der Waals surface area contributed by atoms with Gasteiger partial charge >= 0.3 is 0 Å². The van der Waals surface area contributed by atoms with Gasteiger partial charge in [-0.2, -0.15) is 5.26 Å². The Morgan fingerprint density at radius 1 is 1.00 bits per heavy atom. The van der Waals surface area contributed by atoms with Crippen molar-refractivity contribution < 1.29 is 4.79 Å². The molecular weight excluding hydrogens is 212 g/mol. The number of carbonyl (C=O) groups excluding carboxylic acids is 1. The van der Waals surface area contributed by atoms with Gasteiger partial charge in [-0.15, -0.1) is 0 Å². The van der Waals surface area contributed by atoms with Crippen LogP contribution in [0.1, 0.15) is 57.8 Å². The van der Waals surface area contributed by atoms with E-state index >= 15 is 0 Å². The zero-order valence-electron chi connectivity index (χ0n) is 10.5. The van der Waals surface area contributed by atoms with Crippen LogP contribution in [0.2, 0.25) is 0 Å². The van der Waals surface area contributed by atoms with Gasteiger partial charge in [0.2, 0.25) is 5.91 Å². The van der Waals surface area contributed by atoms with Crippen molar-refractivity contribution >= 4 is 5.91 Å². The van der Waals surface area contributed by atoms with Gasteiger partial charge in [-0.3, -0.25) is 4.79 Å². The summed E-state index contributed by atoms with van der Waals surface area (Å²) in [7, 11) is 0. The quantitative estimate of drug-likeness (QED) is 0.798. The molecule has 0 atom stereocenters. The lowest BCUT2D eigenvalue weighted by molar-refractivity contribution is -0.126. The Labute approximate surface area is 104 Å². The third-order valence-corrected chi connectivity index (χ3v) is 4.23. The van der Waals surface area contributed by atoms with E-state index < -0.39 is 0 Å². The summed E-state index contributed by atoms with van der Waals surface area (Å²) >= 11 is 0. The molecule has 0 saturated heterocycles. The predicted molar refractivity (Wildman–Crippen MR) is 66.1 cm³/mol. The molecule has 0 aromatic heterocycles. The topological polar surface area (TPSA) is 52.9 Å². The number of hydrogen-bond donors (Lipinski definition) is 1. The minimum absolute atomic E-state index is 0.220. The first-order valence-corrected chi connectivity index (χ1v) is 6.99. The molecule has 0 spiro atoms. The van der Waals surface area contributed by atoms with Crippen LogP contribution in [0.15, 0.2) is 0 Å². The average molecular weight is 234 g/mol. The molecule has 2 aliphatic rings. The maximum Gasteiger partial charge on any atom is 0.223 e. The van der Waals surface area contributed by atoms with Crippen molar-refractivity contribution in [2.24, 2.45) is 11.8 Å². The van der Waals surface area contributed by atoms with E-state index in [1.807, 2.05) is 0 Å². The van der Waals surface area contributed by atoms with Crippen LogP contribution >= 0.6 is 0 Å². The first-order valence-electron chi connectivity index (χ1n) is 6.99. The SMILES string of the molecule is N#CC1CCC(NC(=O)C2CCCCC2)CC1. The zero-order chi connectivity index (χ0) is 12.1. The highest BCUT2D eigenvalue weighted by molar-refractivity contribution is 5.79. The zero-order valence-corrected chi connectivity index (χ0v) is 10.5. The third kappa shape index (κ3) is 3.46. The summed E-state index contributed by atoms with van der Waals surface area (Å²) in [4.78, 5) is 12.0. The Morgan fingerprint density at radius 2 is 1.65 bits per heavy atom. The summed E-state index contributed by atoms with van der Waals surface area (Å²) in [5.41, 5.74) is 0. The molecule has 1 N–H and O–H groups in total. The minimum atomic E-state index is 0.220. The van der Waals surface area contributed by atoms with E-state index in [1.165, 1.54) is 19.3 Å². The lowest BCUT2D eigenvalue weighted by Gasteiger charge is -2.28. The molecule has 2 aliphatic carbocycles. The van der Waals surface area contributed by atoms with Crippen LogP contribution in [0.4, 0.5) is 0 Å². The van der Waals surface area contributed by atoms with E-state index in [1.54, 1.807) is 0 Å². The molecule has 0 aromatic rings. The number of amides is 1. The number of nitriles is 1. The maximum absolute atomic E-state index is 12.0. The van der Waals surface area contributed by atoms with Gasteiger partial charge in [0.15, 0.2) is 0 Å². The van der Waals surface area contributed by atoms with Crippen molar-refractivity contribution in [3.8, 4) is 6.07 Å². The molecule has 3 heteroatoms. The van der Waals surface area contributed by atoms with Gasteiger partial charge in [-0.05, 0) is 38.5 Å². The Balaban J connectivity index is 1.74. The Hall–Kier alpha value is -1.04. The summed E-state index contributed by atoms with van der Waals surface area (Å²) in [6.45, 7) is 0. The van der Waals surface area contributed by atoms with Gasteiger partial charge in [-0.1, -0.05) is 19.3 Å². The number of nitrogens with one attached hydrogen (secondary N) is 1. The van der Waals surface area contributed by atoms with Gasteiger partial charge < -0.3 is 5.32 Å². The second-order valence-electron chi connectivity index (χ2n) is 5.52. The first-order chi connectivity index (χ1) is 8.29. The van der Waals surface area contributed by atoms with Crippen LogP contribution in [-0.2, 0) is 4.79 Å². The fourth-order valence-electron chi connectivity index (χ4n) is 3.05. The summed E-state index contributed by atoms with van der Waals surface area (Å²) in [6.07, 6.45) is 9.71. The predicted octanol–water partition coefficient (Wildman–Crippen LogP) is 2.77. The van der Waals surface area contributed by atoms with Gasteiger partial charge in [0.05, 0.1) is 6.07 Å². The Morgan fingerprint density at radius 3 is 2.24 bits per heavy atom. The highest BCUT2D eigenvalue weighted by Crippen LogP contribution is 2.26. The Kier molecular flexibility index (Phi) is 4.42. The van der Waals surface area contributed by atoms with Crippen LogP contribution in [0, 0.1) is 23.2 Å². The lowest BCUT2D eigenvalue weighted by atomic mass is 9.85. The molecule has 17 heavy (non-hydrogen) atoms. The van der Waals surface area contributed by atoms with E-state index in [9.17, 15) is 4.79 Å². The van der Waals surface area contributed by atoms with E-state index in [0.29, 0.717) is 6.04 Å². The number of nitrogens with zero attached hydrogens (tertiary/aromatic N) is 1. The molecule has 2 rings (SSSR count). The fourth-order valence-corrected chi connectivity index (χ4v) is 3.05. The third-order valence-electron chi connectivity index (χ3n) is 4.23.